The van der Waals surface area contributed by atoms with Gasteiger partial charge in [-0.25, -0.2) is 0 Å². The molecule has 0 saturated carbocycles. The summed E-state index contributed by atoms with van der Waals surface area (Å²) in [7, 11) is 0. The zero-order valence-corrected chi connectivity index (χ0v) is 3.80. The third-order valence-corrected chi connectivity index (χ3v) is 0. The molecule has 0 radical (unpaired) electrons. The van der Waals surface area contributed by atoms with Crippen molar-refractivity contribution in [1.82, 2.24) is 0 Å². The van der Waals surface area contributed by atoms with Crippen molar-refractivity contribution < 1.29 is 16.5 Å². The minimum absolute atomic E-state index is 0. The fourth-order valence-corrected chi connectivity index (χ4v) is 0. The monoisotopic (exact) mass is 132 g/mol. The first kappa shape index (κ1) is 17.2. The Morgan fingerprint density at radius 2 is 1.17 bits per heavy atom. The number of nitrogens with zero attached hydrogens (tertiary/aromatic N) is 3. The molecular formula is H4N5Ni-. The van der Waals surface area contributed by atoms with Crippen LogP contribution in [0.4, 0.5) is 0 Å². The third-order valence-electron chi connectivity index (χ3n) is 0. The Morgan fingerprint density at radius 3 is 1.17 bits per heavy atom. The predicted octanol–water partition coefficient (Wildman–Crippen LogP) is -0.318. The Morgan fingerprint density at radius 1 is 1.17 bits per heavy atom. The van der Waals surface area contributed by atoms with Crippen LogP contribution in [0.5, 0.6) is 0 Å². The molecule has 0 aromatic rings. The molecular weight excluding hydrogens is 129 g/mol. The fourth-order valence-electron chi connectivity index (χ4n) is 0. The van der Waals surface area contributed by atoms with Gasteiger partial charge >= 0.3 is 0 Å². The maximum Gasteiger partial charge on any atom is 0 e. The number of hydrogen-bond donors (Lipinski definition) is 2. The van der Waals surface area contributed by atoms with E-state index in [2.05, 4.69) is 11.7 Å². The van der Waals surface area contributed by atoms with Crippen LogP contribution in [-0.4, -0.2) is 0 Å². The maximum atomic E-state index is 6.75. The largest absolute Gasteiger partial charge is 0.373 e. The van der Waals surface area contributed by atoms with E-state index in [0.29, 0.717) is 0 Å². The first-order valence-electron chi connectivity index (χ1n) is 0.733. The van der Waals surface area contributed by atoms with E-state index < -0.39 is 0 Å². The van der Waals surface area contributed by atoms with Gasteiger partial charge in [0.15, 0.2) is 0 Å². The summed E-state index contributed by atoms with van der Waals surface area (Å²) in [6.45, 7) is 0. The number of nitrogens with two attached hydrogens (primary N) is 2. The average Bonchev–Trinajstić information content (AvgIpc) is 1.46. The van der Waals surface area contributed by atoms with Gasteiger partial charge in [0.25, 0.3) is 0 Å². The summed E-state index contributed by atoms with van der Waals surface area (Å²) in [6, 6.07) is 0. The second-order valence-corrected chi connectivity index (χ2v) is 0.0894. The summed E-state index contributed by atoms with van der Waals surface area (Å²) < 4.78 is 0. The van der Waals surface area contributed by atoms with Crippen molar-refractivity contribution in [2.75, 3.05) is 0 Å². The molecule has 0 aliphatic heterocycles. The molecule has 6 heteroatoms. The van der Waals surface area contributed by atoms with Gasteiger partial charge in [-0.1, -0.05) is 0 Å². The van der Waals surface area contributed by atoms with Crippen molar-refractivity contribution in [2.45, 2.75) is 0 Å². The van der Waals surface area contributed by atoms with E-state index in [1.54, 1.807) is 0 Å². The number of rotatable bonds is 0. The molecule has 0 aromatic heterocycles. The van der Waals surface area contributed by atoms with Gasteiger partial charge in [0.05, 0.1) is 0 Å². The molecule has 4 N–H and O–H groups in total. The SMILES string of the molecule is NN.[N-]=[N+]=[N-].[Ni]. The van der Waals surface area contributed by atoms with E-state index in [9.17, 15) is 0 Å². The zero-order valence-electron chi connectivity index (χ0n) is 2.81. The van der Waals surface area contributed by atoms with Crippen LogP contribution in [0.2, 0.25) is 0 Å². The fraction of sp³-hybridized carbons (Fsp3) is 0. The average molecular weight is 133 g/mol. The molecule has 0 atom stereocenters. The van der Waals surface area contributed by atoms with E-state index >= 15 is 0 Å². The minimum Gasteiger partial charge on any atom is -0.373 e. The summed E-state index contributed by atoms with van der Waals surface area (Å²) in [5.41, 5.74) is 13.5. The van der Waals surface area contributed by atoms with Crippen LogP contribution in [0, 0.1) is 0 Å². The smallest absolute Gasteiger partial charge is 0 e. The van der Waals surface area contributed by atoms with Gasteiger partial charge in [0.2, 0.25) is 0 Å². The molecule has 0 amide bonds. The molecule has 0 bridgehead atoms. The van der Waals surface area contributed by atoms with Gasteiger partial charge in [-0.15, -0.1) is 0 Å². The van der Waals surface area contributed by atoms with Crippen LogP contribution < -0.4 is 11.7 Å². The zero-order chi connectivity index (χ0) is 4.71. The number of hydrazine groups is 1. The van der Waals surface area contributed by atoms with Crippen molar-refractivity contribution >= 4 is 0 Å². The van der Waals surface area contributed by atoms with Crippen LogP contribution >= 0.6 is 0 Å². The van der Waals surface area contributed by atoms with Crippen molar-refractivity contribution in [3.05, 3.63) is 16.0 Å². The Labute approximate surface area is 45.0 Å². The molecule has 0 aromatic carbocycles. The van der Waals surface area contributed by atoms with Gasteiger partial charge in [0, 0.05) is 16.5 Å². The van der Waals surface area contributed by atoms with E-state index in [1.165, 1.54) is 4.91 Å². The molecule has 6 heavy (non-hydrogen) atoms. The Balaban J connectivity index is -0.0000000275. The molecule has 0 spiro atoms. The van der Waals surface area contributed by atoms with Gasteiger partial charge in [-0.2, -0.15) is 0 Å². The Hall–Kier alpha value is -0.276. The van der Waals surface area contributed by atoms with E-state index in [4.69, 9.17) is 11.1 Å². The standard InChI is InChI=1S/N3.H4N2.Ni/c1-3-2;1-2;/h;1-2H2;/q-1;;. The maximum absolute atomic E-state index is 6.75. The first-order valence-corrected chi connectivity index (χ1v) is 0.733. The van der Waals surface area contributed by atoms with Crippen LogP contribution in [-0.2, 0) is 16.5 Å². The number of hydrogen-bond acceptors (Lipinski definition) is 2. The van der Waals surface area contributed by atoms with E-state index in [-0.39, 0.29) is 16.5 Å². The van der Waals surface area contributed by atoms with Crippen molar-refractivity contribution in [3.63, 3.8) is 0 Å². The van der Waals surface area contributed by atoms with E-state index in [0.717, 1.165) is 0 Å². The normalized spacial score (nSPS) is 2.33. The van der Waals surface area contributed by atoms with Crippen LogP contribution in [0.1, 0.15) is 0 Å². The summed E-state index contributed by atoms with van der Waals surface area (Å²) >= 11 is 0. The molecule has 0 heterocycles. The van der Waals surface area contributed by atoms with Gasteiger partial charge in [-0.05, 0) is 0 Å². The van der Waals surface area contributed by atoms with Gasteiger partial charge < -0.3 is 11.1 Å². The molecule has 5 nitrogen and oxygen atoms in total. The molecule has 0 saturated heterocycles. The minimum atomic E-state index is 0. The summed E-state index contributed by atoms with van der Waals surface area (Å²) in [6.07, 6.45) is 0. The molecule has 0 unspecified atom stereocenters. The summed E-state index contributed by atoms with van der Waals surface area (Å²) in [5.74, 6) is 8.00. The summed E-state index contributed by atoms with van der Waals surface area (Å²) in [4.78, 5) is 1.50. The van der Waals surface area contributed by atoms with Crippen LogP contribution in [0.25, 0.3) is 16.0 Å². The molecule has 0 rings (SSSR count). The predicted molar refractivity (Wildman–Crippen MR) is 18.5 cm³/mol. The Kier molecular flexibility index (Phi) is 359. The molecule has 0 aliphatic carbocycles. The van der Waals surface area contributed by atoms with Crippen molar-refractivity contribution in [3.8, 4) is 0 Å². The van der Waals surface area contributed by atoms with E-state index in [1.807, 2.05) is 0 Å². The van der Waals surface area contributed by atoms with Crippen LogP contribution in [0.15, 0.2) is 0 Å². The third kappa shape index (κ3) is 361. The molecule has 0 fully saturated rings. The molecule has 40 valence electrons. The Bertz CT molecular complexity index is 24.9. The summed E-state index contributed by atoms with van der Waals surface area (Å²) in [5, 5.41) is 0. The van der Waals surface area contributed by atoms with Gasteiger partial charge in [0.1, 0.15) is 0 Å². The van der Waals surface area contributed by atoms with Crippen molar-refractivity contribution in [1.29, 1.82) is 0 Å². The van der Waals surface area contributed by atoms with Gasteiger partial charge in [-0.3, -0.25) is 16.6 Å². The molecule has 0 aliphatic rings. The van der Waals surface area contributed by atoms with Crippen LogP contribution in [0.3, 0.4) is 0 Å². The quantitative estimate of drug-likeness (QED) is 0.118. The topological polar surface area (TPSA) is 111 Å². The van der Waals surface area contributed by atoms with Crippen molar-refractivity contribution in [2.24, 2.45) is 11.7 Å². The first-order chi connectivity index (χ1) is 2.41. The second kappa shape index (κ2) is 125. The second-order valence-electron chi connectivity index (χ2n) is 0.0894.